The maximum atomic E-state index is 13.5. The second-order valence-electron chi connectivity index (χ2n) is 8.25. The summed E-state index contributed by atoms with van der Waals surface area (Å²) in [6.45, 7) is 1.52. The van der Waals surface area contributed by atoms with Crippen molar-refractivity contribution in [2.45, 2.75) is 32.3 Å². The first-order chi connectivity index (χ1) is 17.0. The maximum absolute atomic E-state index is 13.5. The molecule has 0 saturated heterocycles. The molecule has 5 rings (SSSR count). The van der Waals surface area contributed by atoms with Gasteiger partial charge in [0.05, 0.1) is 28.7 Å². The van der Waals surface area contributed by atoms with Crippen LogP contribution in [0.2, 0.25) is 5.15 Å². The number of halogens is 1. The van der Waals surface area contributed by atoms with Crippen LogP contribution in [0.25, 0.3) is 22.6 Å². The van der Waals surface area contributed by atoms with Crippen LogP contribution in [0.5, 0.6) is 0 Å². The Morgan fingerprint density at radius 1 is 1.14 bits per heavy atom. The van der Waals surface area contributed by atoms with Crippen molar-refractivity contribution in [2.24, 2.45) is 0 Å². The van der Waals surface area contributed by atoms with Gasteiger partial charge in [-0.15, -0.1) is 0 Å². The van der Waals surface area contributed by atoms with Crippen molar-refractivity contribution in [3.05, 3.63) is 88.7 Å². The zero-order chi connectivity index (χ0) is 24.4. The van der Waals surface area contributed by atoms with Crippen molar-refractivity contribution in [2.75, 3.05) is 5.32 Å². The van der Waals surface area contributed by atoms with Crippen LogP contribution in [0.1, 0.15) is 47.1 Å². The van der Waals surface area contributed by atoms with E-state index < -0.39 is 18.0 Å². The van der Waals surface area contributed by atoms with Gasteiger partial charge in [-0.25, -0.2) is 14.8 Å². The molecule has 176 valence electrons. The fourth-order valence-corrected chi connectivity index (χ4v) is 4.41. The van der Waals surface area contributed by atoms with Gasteiger partial charge in [0, 0.05) is 11.6 Å². The minimum Gasteiger partial charge on any atom is -0.465 e. The molecule has 1 unspecified atom stereocenters. The number of hydrogen-bond donors (Lipinski definition) is 1. The number of nitrogens with one attached hydrogen (secondary N) is 1. The molecule has 4 aromatic rings. The van der Waals surface area contributed by atoms with E-state index in [0.717, 1.165) is 35.4 Å². The number of esters is 1. The van der Waals surface area contributed by atoms with E-state index in [4.69, 9.17) is 25.7 Å². The molecule has 0 spiro atoms. The van der Waals surface area contributed by atoms with Crippen LogP contribution in [0.15, 0.2) is 65.4 Å². The predicted molar refractivity (Wildman–Crippen MR) is 134 cm³/mol. The standard InChI is InChI=1S/C27H22ClN3O4/c1-16(26(32)31-22-12-5-13-29-25(22)28)35-27(33)23-19-9-2-3-11-21(19)30-24-17(7-4-10-20(23)24)15-18-8-6-14-34-18/h2-3,5-6,8-9,11-16H,4,7,10H2,1H3,(H,31,32)/b17-15-. The predicted octanol–water partition coefficient (Wildman–Crippen LogP) is 5.94. The summed E-state index contributed by atoms with van der Waals surface area (Å²) in [6.07, 6.45) is 6.41. The van der Waals surface area contributed by atoms with E-state index in [-0.39, 0.29) is 5.15 Å². The lowest BCUT2D eigenvalue weighted by Crippen LogP contribution is -2.30. The lowest BCUT2D eigenvalue weighted by Gasteiger charge is -2.23. The van der Waals surface area contributed by atoms with E-state index in [1.54, 1.807) is 18.4 Å². The summed E-state index contributed by atoms with van der Waals surface area (Å²) >= 11 is 6.03. The van der Waals surface area contributed by atoms with E-state index >= 15 is 0 Å². The topological polar surface area (TPSA) is 94.3 Å². The number of allylic oxidation sites excluding steroid dienone is 1. The minimum absolute atomic E-state index is 0.157. The van der Waals surface area contributed by atoms with Gasteiger partial charge in [-0.1, -0.05) is 29.8 Å². The molecule has 35 heavy (non-hydrogen) atoms. The summed E-state index contributed by atoms with van der Waals surface area (Å²) < 4.78 is 11.1. The lowest BCUT2D eigenvalue weighted by atomic mass is 9.86. The third-order valence-electron chi connectivity index (χ3n) is 5.90. The molecule has 3 aromatic heterocycles. The van der Waals surface area contributed by atoms with E-state index in [0.29, 0.717) is 28.6 Å². The number of carbonyl (C=O) groups is 2. The molecule has 0 aliphatic heterocycles. The largest absolute Gasteiger partial charge is 0.465 e. The third-order valence-corrected chi connectivity index (χ3v) is 6.21. The van der Waals surface area contributed by atoms with Crippen molar-refractivity contribution >= 4 is 51.7 Å². The van der Waals surface area contributed by atoms with Crippen LogP contribution in [-0.2, 0) is 16.0 Å². The summed E-state index contributed by atoms with van der Waals surface area (Å²) in [7, 11) is 0. The van der Waals surface area contributed by atoms with Crippen LogP contribution in [-0.4, -0.2) is 27.9 Å². The fourth-order valence-electron chi connectivity index (χ4n) is 4.24. The summed E-state index contributed by atoms with van der Waals surface area (Å²) in [6, 6.07) is 14.4. The Labute approximate surface area is 206 Å². The van der Waals surface area contributed by atoms with E-state index in [2.05, 4.69) is 10.3 Å². The number of furan rings is 1. The highest BCUT2D eigenvalue weighted by atomic mass is 35.5. The number of hydrogen-bond acceptors (Lipinski definition) is 6. The quantitative estimate of drug-likeness (QED) is 0.276. The van der Waals surface area contributed by atoms with Crippen LogP contribution in [0, 0.1) is 0 Å². The molecule has 1 amide bonds. The molecule has 8 heteroatoms. The first-order valence-corrected chi connectivity index (χ1v) is 11.7. The number of anilines is 1. The number of aromatic nitrogens is 2. The molecular formula is C27H22ClN3O4. The fraction of sp³-hybridized carbons (Fsp3) is 0.185. The molecule has 0 bridgehead atoms. The monoisotopic (exact) mass is 487 g/mol. The Balaban J connectivity index is 1.49. The Morgan fingerprint density at radius 3 is 2.80 bits per heavy atom. The highest BCUT2D eigenvalue weighted by molar-refractivity contribution is 6.32. The Hall–Kier alpha value is -3.97. The number of ether oxygens (including phenoxy) is 1. The summed E-state index contributed by atoms with van der Waals surface area (Å²) in [4.78, 5) is 35.0. The molecule has 0 fully saturated rings. The van der Waals surface area contributed by atoms with Gasteiger partial charge in [0.1, 0.15) is 5.76 Å². The summed E-state index contributed by atoms with van der Waals surface area (Å²) in [5, 5.41) is 3.51. The number of nitrogens with zero attached hydrogens (tertiary/aromatic N) is 2. The van der Waals surface area contributed by atoms with E-state index in [9.17, 15) is 9.59 Å². The van der Waals surface area contributed by atoms with Gasteiger partial charge in [-0.2, -0.15) is 0 Å². The molecule has 1 N–H and O–H groups in total. The molecule has 7 nitrogen and oxygen atoms in total. The van der Waals surface area contributed by atoms with Gasteiger partial charge in [0.25, 0.3) is 5.91 Å². The van der Waals surface area contributed by atoms with Gasteiger partial charge >= 0.3 is 5.97 Å². The lowest BCUT2D eigenvalue weighted by molar-refractivity contribution is -0.123. The van der Waals surface area contributed by atoms with Crippen molar-refractivity contribution in [3.63, 3.8) is 0 Å². The Kier molecular flexibility index (Phi) is 6.33. The second kappa shape index (κ2) is 9.72. The SMILES string of the molecule is CC(OC(=O)c1c2c(nc3ccccc13)/C(=C\c1ccco1)CCC2)C(=O)Nc1cccnc1Cl. The third kappa shape index (κ3) is 4.68. The van der Waals surface area contributed by atoms with Crippen molar-refractivity contribution in [1.29, 1.82) is 0 Å². The summed E-state index contributed by atoms with van der Waals surface area (Å²) in [5.74, 6) is -0.343. The van der Waals surface area contributed by atoms with E-state index in [1.165, 1.54) is 13.1 Å². The molecule has 1 aromatic carbocycles. The normalized spacial score (nSPS) is 15.0. The first-order valence-electron chi connectivity index (χ1n) is 11.3. The minimum atomic E-state index is -1.05. The Bertz CT molecular complexity index is 1450. The molecule has 1 aliphatic rings. The average Bonchev–Trinajstić information content (AvgIpc) is 3.37. The number of rotatable bonds is 5. The highest BCUT2D eigenvalue weighted by Gasteiger charge is 2.28. The van der Waals surface area contributed by atoms with Gasteiger partial charge in [0.2, 0.25) is 0 Å². The smallest absolute Gasteiger partial charge is 0.339 e. The van der Waals surface area contributed by atoms with Crippen LogP contribution < -0.4 is 5.32 Å². The molecule has 3 heterocycles. The maximum Gasteiger partial charge on any atom is 0.339 e. The summed E-state index contributed by atoms with van der Waals surface area (Å²) in [5.41, 5.74) is 4.05. The number of amides is 1. The van der Waals surface area contributed by atoms with Gasteiger partial charge in [-0.3, -0.25) is 4.79 Å². The molecular weight excluding hydrogens is 466 g/mol. The zero-order valence-corrected chi connectivity index (χ0v) is 19.7. The Morgan fingerprint density at radius 2 is 2.00 bits per heavy atom. The first kappa shape index (κ1) is 22.8. The number of para-hydroxylation sites is 1. The van der Waals surface area contributed by atoms with Crippen LogP contribution in [0.4, 0.5) is 5.69 Å². The number of pyridine rings is 2. The molecule has 1 atom stereocenters. The second-order valence-corrected chi connectivity index (χ2v) is 8.61. The van der Waals surface area contributed by atoms with Crippen molar-refractivity contribution in [1.82, 2.24) is 9.97 Å². The van der Waals surface area contributed by atoms with Crippen molar-refractivity contribution in [3.8, 4) is 0 Å². The van der Waals surface area contributed by atoms with E-state index in [1.807, 2.05) is 42.5 Å². The molecule has 0 saturated carbocycles. The zero-order valence-electron chi connectivity index (χ0n) is 19.0. The van der Waals surface area contributed by atoms with Crippen LogP contribution >= 0.6 is 11.6 Å². The number of fused-ring (bicyclic) bond motifs is 2. The number of carbonyl (C=O) groups excluding carboxylic acids is 2. The van der Waals surface area contributed by atoms with Gasteiger partial charge < -0.3 is 14.5 Å². The molecule has 1 aliphatic carbocycles. The molecule has 0 radical (unpaired) electrons. The van der Waals surface area contributed by atoms with Gasteiger partial charge in [-0.05, 0) is 73.7 Å². The van der Waals surface area contributed by atoms with Crippen molar-refractivity contribution < 1.29 is 18.7 Å². The average molecular weight is 488 g/mol. The van der Waals surface area contributed by atoms with Gasteiger partial charge in [0.15, 0.2) is 11.3 Å². The number of benzene rings is 1. The van der Waals surface area contributed by atoms with Crippen LogP contribution in [0.3, 0.4) is 0 Å². The highest BCUT2D eigenvalue weighted by Crippen LogP contribution is 2.36.